The number of benzene rings is 2. The van der Waals surface area contributed by atoms with Gasteiger partial charge in [0, 0.05) is 23.0 Å². The van der Waals surface area contributed by atoms with Gasteiger partial charge in [0.05, 0.1) is 12.3 Å². The molecule has 0 fully saturated rings. The van der Waals surface area contributed by atoms with E-state index in [4.69, 9.17) is 5.73 Å². The predicted octanol–water partition coefficient (Wildman–Crippen LogP) is 2.86. The van der Waals surface area contributed by atoms with E-state index in [2.05, 4.69) is 26.3 Å². The van der Waals surface area contributed by atoms with Crippen LogP contribution in [0.15, 0.2) is 59.7 Å². The minimum Gasteiger partial charge on any atom is -0.508 e. The van der Waals surface area contributed by atoms with Gasteiger partial charge in [-0.1, -0.05) is 6.07 Å². The van der Waals surface area contributed by atoms with Gasteiger partial charge in [-0.2, -0.15) is 4.98 Å². The second-order valence-electron chi connectivity index (χ2n) is 5.51. The summed E-state index contributed by atoms with van der Waals surface area (Å²) in [5.74, 6) is 1.12. The van der Waals surface area contributed by atoms with Crippen LogP contribution in [0.4, 0.5) is 17.5 Å². The molecule has 0 saturated carbocycles. The zero-order valence-electron chi connectivity index (χ0n) is 12.8. The largest absolute Gasteiger partial charge is 0.508 e. The molecule has 4 N–H and O–H groups in total. The van der Waals surface area contributed by atoms with Gasteiger partial charge in [-0.3, -0.25) is 4.99 Å². The van der Waals surface area contributed by atoms with E-state index in [0.29, 0.717) is 12.4 Å². The van der Waals surface area contributed by atoms with Crippen molar-refractivity contribution >= 4 is 23.2 Å². The first kappa shape index (κ1) is 14.2. The molecule has 118 valence electrons. The molecule has 6 heteroatoms. The molecule has 3 aromatic rings. The number of nitrogens with two attached hydrogens (primary N) is 1. The Kier molecular flexibility index (Phi) is 3.35. The maximum absolute atomic E-state index is 9.45. The summed E-state index contributed by atoms with van der Waals surface area (Å²) in [6.07, 6.45) is 1.61. The van der Waals surface area contributed by atoms with E-state index in [1.165, 1.54) is 5.56 Å². The molecule has 0 unspecified atom stereocenters. The summed E-state index contributed by atoms with van der Waals surface area (Å²) >= 11 is 0. The number of anilines is 3. The molecule has 0 spiro atoms. The van der Waals surface area contributed by atoms with E-state index >= 15 is 0 Å². The Balaban J connectivity index is 1.66. The topological polar surface area (TPSA) is 96.4 Å². The van der Waals surface area contributed by atoms with E-state index in [9.17, 15) is 5.11 Å². The van der Waals surface area contributed by atoms with Crippen LogP contribution < -0.4 is 11.1 Å². The van der Waals surface area contributed by atoms with Crippen molar-refractivity contribution in [2.45, 2.75) is 6.54 Å². The molecule has 0 bridgehead atoms. The van der Waals surface area contributed by atoms with Crippen LogP contribution in [-0.2, 0) is 6.54 Å². The Bertz CT molecular complexity index is 934. The highest BCUT2D eigenvalue weighted by molar-refractivity contribution is 6.15. The molecule has 0 atom stereocenters. The summed E-state index contributed by atoms with van der Waals surface area (Å²) in [4.78, 5) is 12.7. The van der Waals surface area contributed by atoms with Gasteiger partial charge in [0.15, 0.2) is 0 Å². The van der Waals surface area contributed by atoms with Crippen LogP contribution in [0.2, 0.25) is 0 Å². The molecular weight excluding hydrogens is 302 g/mol. The Labute approximate surface area is 138 Å². The highest BCUT2D eigenvalue weighted by Gasteiger charge is 2.18. The van der Waals surface area contributed by atoms with Gasteiger partial charge in [-0.05, 0) is 48.0 Å². The number of rotatable bonds is 3. The van der Waals surface area contributed by atoms with Crippen molar-refractivity contribution in [1.29, 1.82) is 0 Å². The molecular formula is C18H15N5O. The molecule has 0 radical (unpaired) electrons. The Hall–Kier alpha value is -3.41. The lowest BCUT2D eigenvalue weighted by molar-refractivity contribution is 0.475. The van der Waals surface area contributed by atoms with E-state index in [1.807, 2.05) is 24.3 Å². The van der Waals surface area contributed by atoms with Crippen molar-refractivity contribution in [3.63, 3.8) is 0 Å². The quantitative estimate of drug-likeness (QED) is 0.690. The van der Waals surface area contributed by atoms with Gasteiger partial charge in [0.1, 0.15) is 11.6 Å². The number of aromatic nitrogens is 2. The lowest BCUT2D eigenvalue weighted by atomic mass is 9.99. The molecule has 0 amide bonds. The minimum absolute atomic E-state index is 0.229. The Morgan fingerprint density at radius 1 is 1.04 bits per heavy atom. The molecule has 4 rings (SSSR count). The first-order valence-corrected chi connectivity index (χ1v) is 7.52. The summed E-state index contributed by atoms with van der Waals surface area (Å²) in [7, 11) is 0. The fourth-order valence-corrected chi connectivity index (χ4v) is 2.72. The zero-order valence-corrected chi connectivity index (χ0v) is 12.8. The SMILES string of the molecule is Nc1nccc(Nc2ccc3c(c2)C(c2ccc(O)cc2)=NC3)n1. The second kappa shape index (κ2) is 5.66. The van der Waals surface area contributed by atoms with E-state index in [1.54, 1.807) is 24.4 Å². The number of nitrogens with zero attached hydrogens (tertiary/aromatic N) is 3. The van der Waals surface area contributed by atoms with Crippen LogP contribution in [0.1, 0.15) is 16.7 Å². The third-order valence-electron chi connectivity index (χ3n) is 3.86. The number of nitrogen functional groups attached to an aromatic ring is 1. The predicted molar refractivity (Wildman–Crippen MR) is 93.6 cm³/mol. The average Bonchev–Trinajstić information content (AvgIpc) is 2.99. The number of aliphatic imine (C=N–C) groups is 1. The maximum atomic E-state index is 9.45. The smallest absolute Gasteiger partial charge is 0.221 e. The number of hydrogen-bond donors (Lipinski definition) is 3. The van der Waals surface area contributed by atoms with Gasteiger partial charge in [0.2, 0.25) is 5.95 Å². The summed E-state index contributed by atoms with van der Waals surface area (Å²) < 4.78 is 0. The van der Waals surface area contributed by atoms with Crippen molar-refractivity contribution in [3.05, 3.63) is 71.4 Å². The van der Waals surface area contributed by atoms with Gasteiger partial charge >= 0.3 is 0 Å². The molecule has 0 saturated heterocycles. The molecule has 1 aliphatic heterocycles. The lowest BCUT2D eigenvalue weighted by Crippen LogP contribution is -2.03. The van der Waals surface area contributed by atoms with Crippen molar-refractivity contribution in [2.75, 3.05) is 11.1 Å². The van der Waals surface area contributed by atoms with Crippen LogP contribution in [0, 0.1) is 0 Å². The molecule has 0 aliphatic carbocycles. The molecule has 2 aromatic carbocycles. The van der Waals surface area contributed by atoms with Crippen LogP contribution >= 0.6 is 0 Å². The van der Waals surface area contributed by atoms with Gasteiger partial charge in [-0.25, -0.2) is 4.98 Å². The number of phenols is 1. The van der Waals surface area contributed by atoms with E-state index in [-0.39, 0.29) is 11.7 Å². The molecule has 24 heavy (non-hydrogen) atoms. The number of fused-ring (bicyclic) bond motifs is 1. The molecule has 6 nitrogen and oxygen atoms in total. The summed E-state index contributed by atoms with van der Waals surface area (Å²) in [5.41, 5.74) is 10.7. The normalized spacial score (nSPS) is 12.6. The van der Waals surface area contributed by atoms with Gasteiger partial charge in [-0.15, -0.1) is 0 Å². The fraction of sp³-hybridized carbons (Fsp3) is 0.0556. The van der Waals surface area contributed by atoms with E-state index < -0.39 is 0 Å². The van der Waals surface area contributed by atoms with Crippen LogP contribution in [-0.4, -0.2) is 20.8 Å². The maximum Gasteiger partial charge on any atom is 0.221 e. The standard InChI is InChI=1S/C18H15N5O/c19-18-20-8-7-16(23-18)22-13-4-1-12-10-21-17(15(12)9-13)11-2-5-14(24)6-3-11/h1-9,24H,10H2,(H3,19,20,22,23). The minimum atomic E-state index is 0.229. The molecule has 2 heterocycles. The second-order valence-corrected chi connectivity index (χ2v) is 5.51. The fourth-order valence-electron chi connectivity index (χ4n) is 2.72. The average molecular weight is 317 g/mol. The summed E-state index contributed by atoms with van der Waals surface area (Å²) in [6, 6.07) is 14.9. The number of nitrogens with one attached hydrogen (secondary N) is 1. The van der Waals surface area contributed by atoms with E-state index in [0.717, 1.165) is 22.5 Å². The third kappa shape index (κ3) is 2.65. The number of aromatic hydroxyl groups is 1. The highest BCUT2D eigenvalue weighted by Crippen LogP contribution is 2.27. The van der Waals surface area contributed by atoms with Gasteiger partial charge in [0.25, 0.3) is 0 Å². The Morgan fingerprint density at radius 3 is 2.67 bits per heavy atom. The molecule has 1 aliphatic rings. The van der Waals surface area contributed by atoms with Crippen LogP contribution in [0.5, 0.6) is 5.75 Å². The van der Waals surface area contributed by atoms with Crippen LogP contribution in [0.25, 0.3) is 0 Å². The van der Waals surface area contributed by atoms with Gasteiger partial charge < -0.3 is 16.2 Å². The number of phenolic OH excluding ortho intramolecular Hbond substituents is 1. The first-order chi connectivity index (χ1) is 11.7. The van der Waals surface area contributed by atoms with Crippen molar-refractivity contribution < 1.29 is 5.11 Å². The van der Waals surface area contributed by atoms with Crippen LogP contribution in [0.3, 0.4) is 0 Å². The highest BCUT2D eigenvalue weighted by atomic mass is 16.3. The lowest BCUT2D eigenvalue weighted by Gasteiger charge is -2.09. The monoisotopic (exact) mass is 317 g/mol. The van der Waals surface area contributed by atoms with Crippen molar-refractivity contribution in [1.82, 2.24) is 9.97 Å². The first-order valence-electron chi connectivity index (χ1n) is 7.52. The van der Waals surface area contributed by atoms with Crippen molar-refractivity contribution in [2.24, 2.45) is 4.99 Å². The Morgan fingerprint density at radius 2 is 1.88 bits per heavy atom. The summed E-state index contributed by atoms with van der Waals surface area (Å²) in [5, 5.41) is 12.7. The molecule has 1 aromatic heterocycles. The summed E-state index contributed by atoms with van der Waals surface area (Å²) in [6.45, 7) is 0.659. The number of hydrogen-bond acceptors (Lipinski definition) is 6. The third-order valence-corrected chi connectivity index (χ3v) is 3.86. The zero-order chi connectivity index (χ0) is 16.5. The van der Waals surface area contributed by atoms with Crippen molar-refractivity contribution in [3.8, 4) is 5.75 Å².